The van der Waals surface area contributed by atoms with Crippen LogP contribution in [0.3, 0.4) is 0 Å². The van der Waals surface area contributed by atoms with Crippen molar-refractivity contribution >= 4 is 44.2 Å². The smallest absolute Gasteiger partial charge is 0.183 e. The first-order valence-electron chi connectivity index (χ1n) is 4.17. The van der Waals surface area contributed by atoms with E-state index in [1.54, 1.807) is 11.3 Å². The molecule has 1 N–H and O–H groups in total. The Kier molecular flexibility index (Phi) is 5.13. The molecule has 2 nitrogen and oxygen atoms in total. The van der Waals surface area contributed by atoms with Gasteiger partial charge < -0.3 is 5.32 Å². The summed E-state index contributed by atoms with van der Waals surface area (Å²) in [5, 5.41) is 6.34. The SMILES string of the molecule is CCSCC(C)Nc1nc(Br)cs1. The highest BCUT2D eigenvalue weighted by Crippen LogP contribution is 2.20. The second-order valence-corrected chi connectivity index (χ2v) is 5.67. The molecule has 0 saturated carbocycles. The van der Waals surface area contributed by atoms with Crippen LogP contribution in [-0.4, -0.2) is 22.5 Å². The molecule has 0 aromatic carbocycles. The predicted molar refractivity (Wildman–Crippen MR) is 65.9 cm³/mol. The van der Waals surface area contributed by atoms with Crippen molar-refractivity contribution in [2.24, 2.45) is 0 Å². The second kappa shape index (κ2) is 5.88. The molecule has 1 heterocycles. The Bertz CT molecular complexity index is 252. The number of hydrogen-bond donors (Lipinski definition) is 1. The van der Waals surface area contributed by atoms with E-state index < -0.39 is 0 Å². The highest BCUT2D eigenvalue weighted by molar-refractivity contribution is 9.10. The molecule has 1 unspecified atom stereocenters. The number of aromatic nitrogens is 1. The molecular formula is C8H13BrN2S2. The van der Waals surface area contributed by atoms with Gasteiger partial charge in [-0.1, -0.05) is 6.92 Å². The van der Waals surface area contributed by atoms with Crippen LogP contribution < -0.4 is 5.32 Å². The molecule has 0 aliphatic heterocycles. The van der Waals surface area contributed by atoms with Gasteiger partial charge in [-0.3, -0.25) is 0 Å². The molecule has 0 spiro atoms. The maximum absolute atomic E-state index is 4.27. The van der Waals surface area contributed by atoms with Gasteiger partial charge in [0.2, 0.25) is 0 Å². The van der Waals surface area contributed by atoms with Crippen LogP contribution in [0.15, 0.2) is 9.98 Å². The monoisotopic (exact) mass is 280 g/mol. The van der Waals surface area contributed by atoms with Gasteiger partial charge >= 0.3 is 0 Å². The van der Waals surface area contributed by atoms with Crippen LogP contribution in [-0.2, 0) is 0 Å². The molecule has 0 aliphatic rings. The van der Waals surface area contributed by atoms with E-state index in [4.69, 9.17) is 0 Å². The van der Waals surface area contributed by atoms with Crippen LogP contribution in [0.2, 0.25) is 0 Å². The van der Waals surface area contributed by atoms with Crippen molar-refractivity contribution < 1.29 is 0 Å². The summed E-state index contributed by atoms with van der Waals surface area (Å²) >= 11 is 6.91. The Morgan fingerprint density at radius 2 is 2.54 bits per heavy atom. The van der Waals surface area contributed by atoms with E-state index in [2.05, 4.69) is 40.1 Å². The lowest BCUT2D eigenvalue weighted by molar-refractivity contribution is 0.909. The van der Waals surface area contributed by atoms with Crippen molar-refractivity contribution in [2.45, 2.75) is 19.9 Å². The molecule has 0 bridgehead atoms. The van der Waals surface area contributed by atoms with Gasteiger partial charge in [-0.15, -0.1) is 11.3 Å². The number of anilines is 1. The number of thiazole rings is 1. The number of rotatable bonds is 5. The zero-order valence-corrected chi connectivity index (χ0v) is 10.9. The van der Waals surface area contributed by atoms with Crippen LogP contribution in [0, 0.1) is 0 Å². The number of halogens is 1. The van der Waals surface area contributed by atoms with Crippen molar-refractivity contribution in [1.29, 1.82) is 0 Å². The van der Waals surface area contributed by atoms with Gasteiger partial charge in [0, 0.05) is 17.2 Å². The minimum Gasteiger partial charge on any atom is -0.358 e. The lowest BCUT2D eigenvalue weighted by atomic mass is 10.4. The molecule has 5 heteroatoms. The summed E-state index contributed by atoms with van der Waals surface area (Å²) in [6.07, 6.45) is 0. The second-order valence-electron chi connectivity index (χ2n) is 2.68. The molecule has 74 valence electrons. The molecule has 0 radical (unpaired) electrons. The van der Waals surface area contributed by atoms with Crippen molar-refractivity contribution in [3.8, 4) is 0 Å². The number of nitrogens with one attached hydrogen (secondary N) is 1. The number of nitrogens with zero attached hydrogens (tertiary/aromatic N) is 1. The highest BCUT2D eigenvalue weighted by Gasteiger charge is 2.04. The summed E-state index contributed by atoms with van der Waals surface area (Å²) in [5.74, 6) is 2.31. The van der Waals surface area contributed by atoms with Gasteiger partial charge in [0.25, 0.3) is 0 Å². The minimum absolute atomic E-state index is 0.489. The van der Waals surface area contributed by atoms with Gasteiger partial charge in [0.05, 0.1) is 0 Å². The van der Waals surface area contributed by atoms with Crippen LogP contribution in [0.25, 0.3) is 0 Å². The summed E-state index contributed by atoms with van der Waals surface area (Å²) in [4.78, 5) is 4.27. The van der Waals surface area contributed by atoms with E-state index in [9.17, 15) is 0 Å². The standard InChI is InChI=1S/C8H13BrN2S2/c1-3-12-4-6(2)10-8-11-7(9)5-13-8/h5-6H,3-4H2,1-2H3,(H,10,11). The van der Waals surface area contributed by atoms with Crippen molar-refractivity contribution in [3.63, 3.8) is 0 Å². The number of hydrogen-bond acceptors (Lipinski definition) is 4. The van der Waals surface area contributed by atoms with Crippen molar-refractivity contribution in [3.05, 3.63) is 9.98 Å². The van der Waals surface area contributed by atoms with Gasteiger partial charge in [-0.2, -0.15) is 11.8 Å². The van der Waals surface area contributed by atoms with E-state index in [0.717, 1.165) is 15.5 Å². The summed E-state index contributed by atoms with van der Waals surface area (Å²) in [5.41, 5.74) is 0. The fourth-order valence-corrected chi connectivity index (χ4v) is 2.80. The molecule has 0 aliphatic carbocycles. The summed E-state index contributed by atoms with van der Waals surface area (Å²) in [6, 6.07) is 0.489. The Morgan fingerprint density at radius 1 is 1.77 bits per heavy atom. The maximum atomic E-state index is 4.27. The first-order chi connectivity index (χ1) is 6.22. The number of thioether (sulfide) groups is 1. The summed E-state index contributed by atoms with van der Waals surface area (Å²) in [6.45, 7) is 4.36. The average molecular weight is 281 g/mol. The van der Waals surface area contributed by atoms with Gasteiger partial charge in [-0.05, 0) is 28.6 Å². The summed E-state index contributed by atoms with van der Waals surface area (Å²) < 4.78 is 0.912. The van der Waals surface area contributed by atoms with Gasteiger partial charge in [0.1, 0.15) is 4.60 Å². The zero-order chi connectivity index (χ0) is 9.68. The molecule has 13 heavy (non-hydrogen) atoms. The van der Waals surface area contributed by atoms with Crippen LogP contribution >= 0.6 is 39.0 Å². The molecule has 1 rings (SSSR count). The van der Waals surface area contributed by atoms with E-state index in [1.807, 2.05) is 17.1 Å². The molecule has 0 fully saturated rings. The zero-order valence-electron chi connectivity index (χ0n) is 7.71. The van der Waals surface area contributed by atoms with E-state index >= 15 is 0 Å². The molecule has 1 aromatic rings. The minimum atomic E-state index is 0.489. The Labute approximate surface area is 95.7 Å². The lowest BCUT2D eigenvalue weighted by Crippen LogP contribution is -2.17. The molecular weight excluding hydrogens is 268 g/mol. The van der Waals surface area contributed by atoms with Gasteiger partial charge in [0.15, 0.2) is 5.13 Å². The fraction of sp³-hybridized carbons (Fsp3) is 0.625. The average Bonchev–Trinajstić information content (AvgIpc) is 2.48. The van der Waals surface area contributed by atoms with E-state index in [-0.39, 0.29) is 0 Å². The normalized spacial score (nSPS) is 12.8. The van der Waals surface area contributed by atoms with Crippen LogP contribution in [0.4, 0.5) is 5.13 Å². The Balaban J connectivity index is 2.31. The van der Waals surface area contributed by atoms with Crippen molar-refractivity contribution in [1.82, 2.24) is 4.98 Å². The molecule has 1 atom stereocenters. The largest absolute Gasteiger partial charge is 0.358 e. The third kappa shape index (κ3) is 4.33. The van der Waals surface area contributed by atoms with E-state index in [1.165, 1.54) is 5.75 Å². The highest BCUT2D eigenvalue weighted by atomic mass is 79.9. The van der Waals surface area contributed by atoms with Crippen LogP contribution in [0.1, 0.15) is 13.8 Å². The summed E-state index contributed by atoms with van der Waals surface area (Å²) in [7, 11) is 0. The first kappa shape index (κ1) is 11.3. The predicted octanol–water partition coefficient (Wildman–Crippen LogP) is 3.46. The Morgan fingerprint density at radius 3 is 3.08 bits per heavy atom. The third-order valence-corrected chi connectivity index (χ3v) is 4.04. The Hall–Kier alpha value is 0.260. The quantitative estimate of drug-likeness (QED) is 0.894. The van der Waals surface area contributed by atoms with Gasteiger partial charge in [-0.25, -0.2) is 4.98 Å². The third-order valence-electron chi connectivity index (χ3n) is 1.42. The maximum Gasteiger partial charge on any atom is 0.183 e. The topological polar surface area (TPSA) is 24.9 Å². The van der Waals surface area contributed by atoms with E-state index in [0.29, 0.717) is 6.04 Å². The fourth-order valence-electron chi connectivity index (χ4n) is 0.868. The molecule has 1 aromatic heterocycles. The molecule has 0 amide bonds. The molecule has 0 saturated heterocycles. The van der Waals surface area contributed by atoms with Crippen LogP contribution in [0.5, 0.6) is 0 Å². The lowest BCUT2D eigenvalue weighted by Gasteiger charge is -2.11. The van der Waals surface area contributed by atoms with Crippen molar-refractivity contribution in [2.75, 3.05) is 16.8 Å². The first-order valence-corrected chi connectivity index (χ1v) is 7.00.